The molecule has 0 amide bonds. The Hall–Kier alpha value is -1.84. The number of aliphatic carboxylic acids is 1. The van der Waals surface area contributed by atoms with Crippen LogP contribution >= 0.6 is 0 Å². The van der Waals surface area contributed by atoms with Crippen LogP contribution in [0.5, 0.6) is 0 Å². The van der Waals surface area contributed by atoms with E-state index >= 15 is 0 Å². The number of rotatable bonds is 6. The number of carboxylic acid groups (broad SMARTS) is 1. The first-order chi connectivity index (χ1) is 9.04. The molecule has 1 heterocycles. The van der Waals surface area contributed by atoms with Crippen molar-refractivity contribution >= 4 is 17.0 Å². The molecule has 4 nitrogen and oxygen atoms in total. The first-order valence-electron chi connectivity index (χ1n) is 6.74. The highest BCUT2D eigenvalue weighted by Crippen LogP contribution is 2.17. The zero-order valence-electron chi connectivity index (χ0n) is 11.4. The number of aromatic amines is 1. The Morgan fingerprint density at radius 2 is 2.21 bits per heavy atom. The first-order valence-corrected chi connectivity index (χ1v) is 6.74. The molecule has 0 saturated carbocycles. The monoisotopic (exact) mass is 260 g/mol. The van der Waals surface area contributed by atoms with Crippen LogP contribution in [0.25, 0.3) is 11.0 Å². The number of aryl methyl sites for hydroxylation is 1. The smallest absolute Gasteiger partial charge is 0.303 e. The van der Waals surface area contributed by atoms with E-state index in [1.807, 2.05) is 12.1 Å². The molecule has 0 spiro atoms. The lowest BCUT2D eigenvalue weighted by Gasteiger charge is -1.99. The number of hydrogen-bond acceptors (Lipinski definition) is 2. The van der Waals surface area contributed by atoms with Crippen LogP contribution in [0, 0.1) is 5.92 Å². The third kappa shape index (κ3) is 3.81. The molecule has 1 aromatic heterocycles. The van der Waals surface area contributed by atoms with E-state index in [-0.39, 0.29) is 6.42 Å². The number of H-pyrrole nitrogens is 1. The molecule has 1 aromatic carbocycles. The number of benzene rings is 1. The molecule has 0 atom stereocenters. The molecule has 0 unspecified atom stereocenters. The number of fused-ring (bicyclic) bond motifs is 1. The predicted molar refractivity (Wildman–Crippen MR) is 75.2 cm³/mol. The molecule has 0 radical (unpaired) electrons. The SMILES string of the molecule is CC(C)Cc1nc2ccc(CCCC(=O)O)cc2[nH]1. The summed E-state index contributed by atoms with van der Waals surface area (Å²) in [5.74, 6) is 0.866. The number of imidazole rings is 1. The number of nitrogens with one attached hydrogen (secondary N) is 1. The molecule has 0 saturated heterocycles. The molecule has 0 aliphatic heterocycles. The van der Waals surface area contributed by atoms with Gasteiger partial charge in [-0.25, -0.2) is 4.98 Å². The molecule has 0 fully saturated rings. The Morgan fingerprint density at radius 1 is 1.42 bits per heavy atom. The summed E-state index contributed by atoms with van der Waals surface area (Å²) < 4.78 is 0. The fourth-order valence-corrected chi connectivity index (χ4v) is 2.19. The first kappa shape index (κ1) is 13.6. The molecular weight excluding hydrogens is 240 g/mol. The summed E-state index contributed by atoms with van der Waals surface area (Å²) in [4.78, 5) is 18.4. The van der Waals surface area contributed by atoms with Crippen molar-refractivity contribution in [2.75, 3.05) is 0 Å². The van der Waals surface area contributed by atoms with E-state index in [9.17, 15) is 4.79 Å². The molecule has 2 aromatic rings. The summed E-state index contributed by atoms with van der Waals surface area (Å²) in [7, 11) is 0. The largest absolute Gasteiger partial charge is 0.481 e. The minimum absolute atomic E-state index is 0.222. The lowest BCUT2D eigenvalue weighted by atomic mass is 10.1. The van der Waals surface area contributed by atoms with Gasteiger partial charge in [0.05, 0.1) is 11.0 Å². The van der Waals surface area contributed by atoms with Crippen LogP contribution in [-0.2, 0) is 17.6 Å². The van der Waals surface area contributed by atoms with Gasteiger partial charge in [0.1, 0.15) is 5.82 Å². The summed E-state index contributed by atoms with van der Waals surface area (Å²) in [6.07, 6.45) is 2.64. The minimum Gasteiger partial charge on any atom is -0.481 e. The van der Waals surface area contributed by atoms with Gasteiger partial charge in [-0.3, -0.25) is 4.79 Å². The van der Waals surface area contributed by atoms with Gasteiger partial charge < -0.3 is 10.1 Å². The number of aromatic nitrogens is 2. The van der Waals surface area contributed by atoms with Gasteiger partial charge in [-0.15, -0.1) is 0 Å². The Kier molecular flexibility index (Phi) is 4.20. The van der Waals surface area contributed by atoms with Gasteiger partial charge in [0, 0.05) is 12.8 Å². The fraction of sp³-hybridized carbons (Fsp3) is 0.467. The summed E-state index contributed by atoms with van der Waals surface area (Å²) in [5, 5.41) is 8.63. The van der Waals surface area contributed by atoms with Gasteiger partial charge >= 0.3 is 5.97 Å². The predicted octanol–water partition coefficient (Wildman–Crippen LogP) is 3.17. The van der Waals surface area contributed by atoms with Gasteiger partial charge in [0.25, 0.3) is 0 Å². The van der Waals surface area contributed by atoms with Crippen LogP contribution in [0.3, 0.4) is 0 Å². The van der Waals surface area contributed by atoms with Crippen molar-refractivity contribution in [1.82, 2.24) is 9.97 Å². The molecule has 4 heteroatoms. The van der Waals surface area contributed by atoms with Gasteiger partial charge in [0.15, 0.2) is 0 Å². The second-order valence-corrected chi connectivity index (χ2v) is 5.38. The number of carboxylic acids is 1. The maximum Gasteiger partial charge on any atom is 0.303 e. The maximum absolute atomic E-state index is 10.5. The van der Waals surface area contributed by atoms with Crippen LogP contribution in [-0.4, -0.2) is 21.0 Å². The number of carbonyl (C=O) groups is 1. The van der Waals surface area contributed by atoms with E-state index in [1.165, 1.54) is 0 Å². The van der Waals surface area contributed by atoms with E-state index < -0.39 is 5.97 Å². The van der Waals surface area contributed by atoms with Gasteiger partial charge in [-0.1, -0.05) is 19.9 Å². The summed E-state index contributed by atoms with van der Waals surface area (Å²) in [5.41, 5.74) is 3.19. The van der Waals surface area contributed by atoms with Crippen molar-refractivity contribution in [3.63, 3.8) is 0 Å². The zero-order valence-corrected chi connectivity index (χ0v) is 11.4. The highest BCUT2D eigenvalue weighted by Gasteiger charge is 2.06. The highest BCUT2D eigenvalue weighted by atomic mass is 16.4. The maximum atomic E-state index is 10.5. The quantitative estimate of drug-likeness (QED) is 0.838. The van der Waals surface area contributed by atoms with Crippen LogP contribution in [0.4, 0.5) is 0 Å². The molecular formula is C15H20N2O2. The Morgan fingerprint density at radius 3 is 2.89 bits per heavy atom. The zero-order chi connectivity index (χ0) is 13.8. The van der Waals surface area contributed by atoms with Crippen LogP contribution in [0.15, 0.2) is 18.2 Å². The molecule has 0 aliphatic carbocycles. The summed E-state index contributed by atoms with van der Waals surface area (Å²) in [6.45, 7) is 4.34. The Labute approximate surface area is 112 Å². The lowest BCUT2D eigenvalue weighted by Crippen LogP contribution is -1.95. The lowest BCUT2D eigenvalue weighted by molar-refractivity contribution is -0.137. The highest BCUT2D eigenvalue weighted by molar-refractivity contribution is 5.76. The number of nitrogens with zero attached hydrogens (tertiary/aromatic N) is 1. The normalized spacial score (nSPS) is 11.3. The van der Waals surface area contributed by atoms with Crippen molar-refractivity contribution in [1.29, 1.82) is 0 Å². The number of hydrogen-bond donors (Lipinski definition) is 2. The van der Waals surface area contributed by atoms with E-state index in [0.29, 0.717) is 12.3 Å². The van der Waals surface area contributed by atoms with Crippen molar-refractivity contribution in [3.05, 3.63) is 29.6 Å². The van der Waals surface area contributed by atoms with E-state index in [0.717, 1.165) is 35.3 Å². The van der Waals surface area contributed by atoms with E-state index in [4.69, 9.17) is 5.11 Å². The molecule has 102 valence electrons. The molecule has 19 heavy (non-hydrogen) atoms. The van der Waals surface area contributed by atoms with Gasteiger partial charge in [-0.05, 0) is 36.5 Å². The fourth-order valence-electron chi connectivity index (χ4n) is 2.19. The van der Waals surface area contributed by atoms with Crippen LogP contribution < -0.4 is 0 Å². The third-order valence-corrected chi connectivity index (χ3v) is 3.05. The average molecular weight is 260 g/mol. The van der Waals surface area contributed by atoms with E-state index in [2.05, 4.69) is 29.9 Å². The molecule has 0 aliphatic rings. The average Bonchev–Trinajstić information content (AvgIpc) is 2.68. The Balaban J connectivity index is 2.09. The standard InChI is InChI=1S/C15H20N2O2/c1-10(2)8-14-16-12-7-6-11(9-13(12)17-14)4-3-5-15(18)19/h6-7,9-10H,3-5,8H2,1-2H3,(H,16,17)(H,18,19). The van der Waals surface area contributed by atoms with E-state index in [1.54, 1.807) is 0 Å². The second kappa shape index (κ2) is 5.87. The van der Waals surface area contributed by atoms with Crippen molar-refractivity contribution in [2.24, 2.45) is 5.92 Å². The molecule has 2 N–H and O–H groups in total. The second-order valence-electron chi connectivity index (χ2n) is 5.38. The van der Waals surface area contributed by atoms with Gasteiger partial charge in [0.2, 0.25) is 0 Å². The van der Waals surface area contributed by atoms with Gasteiger partial charge in [-0.2, -0.15) is 0 Å². The molecule has 0 bridgehead atoms. The van der Waals surface area contributed by atoms with Crippen LogP contribution in [0.2, 0.25) is 0 Å². The summed E-state index contributed by atoms with van der Waals surface area (Å²) >= 11 is 0. The minimum atomic E-state index is -0.734. The van der Waals surface area contributed by atoms with Crippen molar-refractivity contribution in [3.8, 4) is 0 Å². The topological polar surface area (TPSA) is 66.0 Å². The molecule has 2 rings (SSSR count). The third-order valence-electron chi connectivity index (χ3n) is 3.05. The summed E-state index contributed by atoms with van der Waals surface area (Å²) in [6, 6.07) is 6.12. The van der Waals surface area contributed by atoms with Crippen molar-refractivity contribution < 1.29 is 9.90 Å². The Bertz CT molecular complexity index is 573. The van der Waals surface area contributed by atoms with Crippen LogP contribution in [0.1, 0.15) is 38.1 Å². The van der Waals surface area contributed by atoms with Crippen molar-refractivity contribution in [2.45, 2.75) is 39.5 Å².